The molecule has 1 atom stereocenters. The van der Waals surface area contributed by atoms with Crippen LogP contribution in [0.3, 0.4) is 0 Å². The number of unbranched alkanes of at least 4 members (excludes halogenated alkanes) is 34. The van der Waals surface area contributed by atoms with Crippen LogP contribution >= 0.6 is 0 Å². The van der Waals surface area contributed by atoms with Crippen molar-refractivity contribution in [2.24, 2.45) is 0 Å². The Balaban J connectivity index is 3.49. The van der Waals surface area contributed by atoms with Gasteiger partial charge in [0.25, 0.3) is 0 Å². The lowest BCUT2D eigenvalue weighted by Crippen LogP contribution is -2.28. The fraction of sp³-hybridized carbons (Fsp3) is 0.825. The summed E-state index contributed by atoms with van der Waals surface area (Å²) in [4.78, 5) is 24.5. The van der Waals surface area contributed by atoms with Gasteiger partial charge in [0.15, 0.2) is 6.10 Å². The van der Waals surface area contributed by atoms with Gasteiger partial charge in [-0.1, -0.05) is 242 Å². The predicted octanol–water partition coefficient (Wildman–Crippen LogP) is 18.1. The molecular weight excluding hydrogens is 765 g/mol. The van der Waals surface area contributed by atoms with Gasteiger partial charge in [-0.25, -0.2) is 0 Å². The summed E-state index contributed by atoms with van der Waals surface area (Å²) in [5.74, 6) is -0.589. The minimum atomic E-state index is -0.777. The summed E-state index contributed by atoms with van der Waals surface area (Å²) in [6.07, 6.45) is 69.3. The van der Waals surface area contributed by atoms with E-state index in [4.69, 9.17) is 9.47 Å². The van der Waals surface area contributed by atoms with Crippen LogP contribution in [0.15, 0.2) is 48.6 Å². The minimum Gasteiger partial charge on any atom is -0.462 e. The second-order valence-corrected chi connectivity index (χ2v) is 18.3. The molecule has 0 saturated heterocycles. The SMILES string of the molecule is CCCCCCC/C=C\C/C=C\C/C=C\CCCCCCCCCCC(=O)OC(CO)COC(=O)CCCCCCCCCCCCCCC/C=C\CCCCCCCCCC. The number of aliphatic hydroxyl groups excluding tert-OH is 1. The number of esters is 2. The molecule has 5 heteroatoms. The van der Waals surface area contributed by atoms with Crippen molar-refractivity contribution in [3.05, 3.63) is 48.6 Å². The first-order valence-electron chi connectivity index (χ1n) is 27.2. The molecule has 0 amide bonds. The van der Waals surface area contributed by atoms with Crippen LogP contribution in [-0.2, 0) is 19.1 Å². The number of rotatable bonds is 50. The molecule has 0 aliphatic rings. The molecule has 0 aromatic carbocycles. The fourth-order valence-corrected chi connectivity index (χ4v) is 7.97. The van der Waals surface area contributed by atoms with E-state index in [-0.39, 0.29) is 25.2 Å². The monoisotopic (exact) mass is 869 g/mol. The van der Waals surface area contributed by atoms with Gasteiger partial charge in [-0.15, -0.1) is 0 Å². The number of aliphatic hydroxyl groups is 1. The Labute approximate surface area is 386 Å². The summed E-state index contributed by atoms with van der Waals surface area (Å²) in [5.41, 5.74) is 0. The van der Waals surface area contributed by atoms with Crippen molar-refractivity contribution in [2.45, 2.75) is 290 Å². The molecule has 0 heterocycles. The Kier molecular flexibility index (Phi) is 51.4. The summed E-state index contributed by atoms with van der Waals surface area (Å²) >= 11 is 0. The standard InChI is InChI=1S/C57H104O5/c1-3-5-7-9-11-13-15-17-19-21-23-25-27-28-30-31-33-35-37-39-41-43-45-47-49-51-56(59)61-54-55(53-58)62-57(60)52-50-48-46-44-42-40-38-36-34-32-29-26-24-22-20-18-16-14-12-10-8-6-4-2/h16,18,21-24,29,32,55,58H,3-15,17,19-20,25-28,30-31,33-54H2,1-2H3/b18-16-,23-21-,24-22-,32-29-. The van der Waals surface area contributed by atoms with Gasteiger partial charge in [0, 0.05) is 12.8 Å². The van der Waals surface area contributed by atoms with Crippen LogP contribution < -0.4 is 0 Å². The van der Waals surface area contributed by atoms with Crippen molar-refractivity contribution < 1.29 is 24.2 Å². The van der Waals surface area contributed by atoms with Crippen LogP contribution in [0.5, 0.6) is 0 Å². The average Bonchev–Trinajstić information content (AvgIpc) is 3.28. The van der Waals surface area contributed by atoms with E-state index in [2.05, 4.69) is 62.5 Å². The van der Waals surface area contributed by atoms with E-state index < -0.39 is 6.10 Å². The van der Waals surface area contributed by atoms with Crippen molar-refractivity contribution in [1.82, 2.24) is 0 Å². The summed E-state index contributed by atoms with van der Waals surface area (Å²) in [7, 11) is 0. The van der Waals surface area contributed by atoms with Gasteiger partial charge in [-0.05, 0) is 77.0 Å². The fourth-order valence-electron chi connectivity index (χ4n) is 7.97. The third-order valence-electron chi connectivity index (χ3n) is 12.1. The maximum atomic E-state index is 12.3. The molecule has 0 aromatic rings. The molecule has 0 aliphatic heterocycles. The number of hydrogen-bond donors (Lipinski definition) is 1. The third-order valence-corrected chi connectivity index (χ3v) is 12.1. The Hall–Kier alpha value is -2.14. The number of carbonyl (C=O) groups excluding carboxylic acids is 2. The zero-order chi connectivity index (χ0) is 44.9. The highest BCUT2D eigenvalue weighted by Gasteiger charge is 2.16. The number of ether oxygens (including phenoxy) is 2. The lowest BCUT2D eigenvalue weighted by molar-refractivity contribution is -0.161. The molecule has 0 aliphatic carbocycles. The van der Waals surface area contributed by atoms with Crippen LogP contribution in [0.25, 0.3) is 0 Å². The smallest absolute Gasteiger partial charge is 0.306 e. The van der Waals surface area contributed by atoms with Crippen molar-refractivity contribution in [1.29, 1.82) is 0 Å². The molecule has 0 spiro atoms. The van der Waals surface area contributed by atoms with Crippen LogP contribution in [0, 0.1) is 0 Å². The van der Waals surface area contributed by atoms with E-state index in [0.717, 1.165) is 51.4 Å². The zero-order valence-corrected chi connectivity index (χ0v) is 41.4. The highest BCUT2D eigenvalue weighted by Crippen LogP contribution is 2.16. The second kappa shape index (κ2) is 53.2. The van der Waals surface area contributed by atoms with Gasteiger partial charge in [-0.3, -0.25) is 9.59 Å². The first-order chi connectivity index (χ1) is 30.6. The Morgan fingerprint density at radius 1 is 0.371 bits per heavy atom. The largest absolute Gasteiger partial charge is 0.462 e. The molecule has 0 bridgehead atoms. The van der Waals surface area contributed by atoms with E-state index in [9.17, 15) is 14.7 Å². The van der Waals surface area contributed by atoms with Gasteiger partial charge in [0.2, 0.25) is 0 Å². The van der Waals surface area contributed by atoms with Gasteiger partial charge in [0.1, 0.15) is 6.61 Å². The van der Waals surface area contributed by atoms with Crippen LogP contribution in [-0.4, -0.2) is 36.4 Å². The van der Waals surface area contributed by atoms with Crippen LogP contribution in [0.2, 0.25) is 0 Å². The molecular formula is C57H104O5. The predicted molar refractivity (Wildman–Crippen MR) is 270 cm³/mol. The van der Waals surface area contributed by atoms with Gasteiger partial charge < -0.3 is 14.6 Å². The minimum absolute atomic E-state index is 0.0675. The third kappa shape index (κ3) is 50.5. The van der Waals surface area contributed by atoms with Gasteiger partial charge in [-0.2, -0.15) is 0 Å². The molecule has 1 unspecified atom stereocenters. The highest BCUT2D eigenvalue weighted by atomic mass is 16.6. The van der Waals surface area contributed by atoms with Crippen molar-refractivity contribution in [3.63, 3.8) is 0 Å². The molecule has 362 valence electrons. The molecule has 62 heavy (non-hydrogen) atoms. The van der Waals surface area contributed by atoms with Crippen molar-refractivity contribution in [2.75, 3.05) is 13.2 Å². The van der Waals surface area contributed by atoms with E-state index >= 15 is 0 Å². The van der Waals surface area contributed by atoms with Crippen LogP contribution in [0.1, 0.15) is 284 Å². The molecule has 1 N–H and O–H groups in total. The first-order valence-corrected chi connectivity index (χ1v) is 27.2. The van der Waals surface area contributed by atoms with E-state index in [1.54, 1.807) is 0 Å². The molecule has 5 nitrogen and oxygen atoms in total. The lowest BCUT2D eigenvalue weighted by Gasteiger charge is -2.15. The highest BCUT2D eigenvalue weighted by molar-refractivity contribution is 5.70. The quantitative estimate of drug-likeness (QED) is 0.0375. The normalized spacial score (nSPS) is 12.5. The van der Waals surface area contributed by atoms with Crippen LogP contribution in [0.4, 0.5) is 0 Å². The van der Waals surface area contributed by atoms with E-state index in [1.807, 2.05) is 0 Å². The Morgan fingerprint density at radius 3 is 0.984 bits per heavy atom. The summed E-state index contributed by atoms with van der Waals surface area (Å²) in [6.45, 7) is 4.15. The van der Waals surface area contributed by atoms with Gasteiger partial charge >= 0.3 is 11.9 Å². The first kappa shape index (κ1) is 59.9. The summed E-state index contributed by atoms with van der Waals surface area (Å²) in [6, 6.07) is 0. The Morgan fingerprint density at radius 2 is 0.645 bits per heavy atom. The number of allylic oxidation sites excluding steroid dienone is 8. The summed E-state index contributed by atoms with van der Waals surface area (Å²) in [5, 5.41) is 9.64. The van der Waals surface area contributed by atoms with Gasteiger partial charge in [0.05, 0.1) is 6.61 Å². The second-order valence-electron chi connectivity index (χ2n) is 18.3. The molecule has 0 fully saturated rings. The molecule has 0 radical (unpaired) electrons. The maximum absolute atomic E-state index is 12.3. The van der Waals surface area contributed by atoms with E-state index in [0.29, 0.717) is 12.8 Å². The lowest BCUT2D eigenvalue weighted by atomic mass is 10.0. The topological polar surface area (TPSA) is 72.8 Å². The van der Waals surface area contributed by atoms with Crippen molar-refractivity contribution >= 4 is 11.9 Å². The number of hydrogen-bond acceptors (Lipinski definition) is 5. The Bertz CT molecular complexity index is 1030. The molecule has 0 rings (SSSR count). The summed E-state index contributed by atoms with van der Waals surface area (Å²) < 4.78 is 10.7. The maximum Gasteiger partial charge on any atom is 0.306 e. The number of carbonyl (C=O) groups is 2. The zero-order valence-electron chi connectivity index (χ0n) is 41.4. The molecule has 0 saturated carbocycles. The van der Waals surface area contributed by atoms with E-state index in [1.165, 1.54) is 205 Å². The molecule has 0 aromatic heterocycles. The average molecular weight is 869 g/mol. The van der Waals surface area contributed by atoms with Crippen molar-refractivity contribution in [3.8, 4) is 0 Å².